The van der Waals surface area contributed by atoms with Gasteiger partial charge < -0.3 is 14.9 Å². The number of ether oxygens (including phenoxy) is 1. The van der Waals surface area contributed by atoms with Crippen LogP contribution < -0.4 is 0 Å². The summed E-state index contributed by atoms with van der Waals surface area (Å²) in [5, 5.41) is 17.2. The number of aliphatic hydroxyl groups is 2. The Balaban J connectivity index is 3.76. The van der Waals surface area contributed by atoms with E-state index in [1.165, 1.54) is 6.08 Å². The summed E-state index contributed by atoms with van der Waals surface area (Å²) in [6.07, 6.45) is 2.48. The molecular weight excluding hydrogens is 160 g/mol. The number of aliphatic hydroxyl groups excluding tert-OH is 2. The third kappa shape index (κ3) is 4.87. The van der Waals surface area contributed by atoms with E-state index in [-0.39, 0.29) is 19.6 Å². The average Bonchev–Trinajstić information content (AvgIpc) is 2.04. The molecule has 0 heterocycles. The predicted octanol–water partition coefficient (Wildman–Crippen LogP) is -0.151. The molecule has 4 nitrogen and oxygen atoms in total. The standard InChI is InChI=1S/C8H14O4/c1-2-3-8(11)12-7(6-10)4-5-9/h2-3,7,9-10H,4-6H2,1H3/b3-2-. The highest BCUT2D eigenvalue weighted by Gasteiger charge is 2.09. The predicted molar refractivity (Wildman–Crippen MR) is 43.5 cm³/mol. The van der Waals surface area contributed by atoms with Gasteiger partial charge in [-0.1, -0.05) is 6.08 Å². The van der Waals surface area contributed by atoms with Gasteiger partial charge in [0.15, 0.2) is 0 Å². The summed E-state index contributed by atoms with van der Waals surface area (Å²) in [5.74, 6) is -0.495. The first kappa shape index (κ1) is 11.1. The summed E-state index contributed by atoms with van der Waals surface area (Å²) in [7, 11) is 0. The zero-order valence-corrected chi connectivity index (χ0v) is 7.06. The lowest BCUT2D eigenvalue weighted by molar-refractivity contribution is -0.145. The summed E-state index contributed by atoms with van der Waals surface area (Å²) in [6, 6.07) is 0. The van der Waals surface area contributed by atoms with Crippen molar-refractivity contribution in [1.29, 1.82) is 0 Å². The zero-order chi connectivity index (χ0) is 9.40. The maximum atomic E-state index is 10.8. The molecule has 0 saturated carbocycles. The van der Waals surface area contributed by atoms with Crippen molar-refractivity contribution in [2.75, 3.05) is 13.2 Å². The van der Waals surface area contributed by atoms with E-state index < -0.39 is 12.1 Å². The minimum Gasteiger partial charge on any atom is -0.457 e. The molecular formula is C8H14O4. The molecule has 0 radical (unpaired) electrons. The Morgan fingerprint density at radius 2 is 2.25 bits per heavy atom. The molecule has 0 aliphatic heterocycles. The fourth-order valence-corrected chi connectivity index (χ4v) is 0.671. The quantitative estimate of drug-likeness (QED) is 0.449. The highest BCUT2D eigenvalue weighted by Crippen LogP contribution is 1.97. The molecule has 2 N–H and O–H groups in total. The largest absolute Gasteiger partial charge is 0.457 e. The van der Waals surface area contributed by atoms with Crippen LogP contribution in [0.1, 0.15) is 13.3 Å². The van der Waals surface area contributed by atoms with E-state index >= 15 is 0 Å². The molecule has 0 aromatic heterocycles. The van der Waals surface area contributed by atoms with Crippen molar-refractivity contribution in [2.45, 2.75) is 19.4 Å². The van der Waals surface area contributed by atoms with E-state index in [4.69, 9.17) is 14.9 Å². The van der Waals surface area contributed by atoms with E-state index in [0.717, 1.165) is 0 Å². The third-order valence-electron chi connectivity index (χ3n) is 1.24. The van der Waals surface area contributed by atoms with Crippen molar-refractivity contribution >= 4 is 5.97 Å². The lowest BCUT2D eigenvalue weighted by atomic mass is 10.3. The maximum Gasteiger partial charge on any atom is 0.330 e. The molecule has 1 atom stereocenters. The summed E-state index contributed by atoms with van der Waals surface area (Å²) in [5.41, 5.74) is 0. The summed E-state index contributed by atoms with van der Waals surface area (Å²) >= 11 is 0. The number of hydrogen-bond acceptors (Lipinski definition) is 4. The number of esters is 1. The number of allylic oxidation sites excluding steroid dienone is 1. The van der Waals surface area contributed by atoms with Gasteiger partial charge in [0.2, 0.25) is 0 Å². The Bertz CT molecular complexity index is 153. The van der Waals surface area contributed by atoms with Gasteiger partial charge in [0.05, 0.1) is 6.61 Å². The zero-order valence-electron chi connectivity index (χ0n) is 7.06. The van der Waals surface area contributed by atoms with Gasteiger partial charge in [-0.05, 0) is 6.92 Å². The minimum absolute atomic E-state index is 0.103. The van der Waals surface area contributed by atoms with Gasteiger partial charge in [0.25, 0.3) is 0 Å². The Labute approximate surface area is 71.5 Å². The van der Waals surface area contributed by atoms with Crippen LogP contribution >= 0.6 is 0 Å². The van der Waals surface area contributed by atoms with Crippen molar-refractivity contribution < 1.29 is 19.7 Å². The normalized spacial score (nSPS) is 13.2. The smallest absolute Gasteiger partial charge is 0.330 e. The lowest BCUT2D eigenvalue weighted by Gasteiger charge is -2.12. The Kier molecular flexibility index (Phi) is 6.32. The number of hydrogen-bond donors (Lipinski definition) is 2. The first-order valence-electron chi connectivity index (χ1n) is 3.79. The van der Waals surface area contributed by atoms with Crippen LogP contribution in [0.25, 0.3) is 0 Å². The molecule has 0 aromatic rings. The second kappa shape index (κ2) is 6.82. The molecule has 0 fully saturated rings. The summed E-state index contributed by atoms with van der Waals surface area (Å²) in [6.45, 7) is 1.33. The van der Waals surface area contributed by atoms with Crippen LogP contribution in [0, 0.1) is 0 Å². The van der Waals surface area contributed by atoms with Crippen LogP contribution in [0.3, 0.4) is 0 Å². The van der Waals surface area contributed by atoms with Crippen LogP contribution in [0.5, 0.6) is 0 Å². The minimum atomic E-state index is -0.598. The van der Waals surface area contributed by atoms with Gasteiger partial charge >= 0.3 is 5.97 Å². The Morgan fingerprint density at radius 1 is 1.58 bits per heavy atom. The lowest BCUT2D eigenvalue weighted by Crippen LogP contribution is -2.22. The molecule has 0 rings (SSSR count). The SMILES string of the molecule is C/C=C\C(=O)OC(CO)CCO. The van der Waals surface area contributed by atoms with Crippen molar-refractivity contribution in [1.82, 2.24) is 0 Å². The Hall–Kier alpha value is -0.870. The van der Waals surface area contributed by atoms with Crippen molar-refractivity contribution in [3.05, 3.63) is 12.2 Å². The first-order valence-corrected chi connectivity index (χ1v) is 3.79. The fourth-order valence-electron chi connectivity index (χ4n) is 0.671. The van der Waals surface area contributed by atoms with Gasteiger partial charge in [-0.15, -0.1) is 0 Å². The van der Waals surface area contributed by atoms with Crippen molar-refractivity contribution in [3.8, 4) is 0 Å². The first-order chi connectivity index (χ1) is 5.74. The Morgan fingerprint density at radius 3 is 2.67 bits per heavy atom. The summed E-state index contributed by atoms with van der Waals surface area (Å²) in [4.78, 5) is 10.8. The number of carbonyl (C=O) groups is 1. The topological polar surface area (TPSA) is 66.8 Å². The van der Waals surface area contributed by atoms with Gasteiger partial charge in [0, 0.05) is 19.1 Å². The monoisotopic (exact) mass is 174 g/mol. The fraction of sp³-hybridized carbons (Fsp3) is 0.625. The second-order valence-electron chi connectivity index (χ2n) is 2.25. The molecule has 0 amide bonds. The van der Waals surface area contributed by atoms with E-state index in [1.807, 2.05) is 0 Å². The average molecular weight is 174 g/mol. The third-order valence-corrected chi connectivity index (χ3v) is 1.24. The van der Waals surface area contributed by atoms with Gasteiger partial charge in [-0.2, -0.15) is 0 Å². The van der Waals surface area contributed by atoms with E-state index in [0.29, 0.717) is 0 Å². The second-order valence-corrected chi connectivity index (χ2v) is 2.25. The molecule has 0 bridgehead atoms. The molecule has 0 saturated heterocycles. The highest BCUT2D eigenvalue weighted by atomic mass is 16.5. The molecule has 4 heteroatoms. The van der Waals surface area contributed by atoms with Crippen LogP contribution in [0.15, 0.2) is 12.2 Å². The molecule has 12 heavy (non-hydrogen) atoms. The van der Waals surface area contributed by atoms with Crippen LogP contribution in [0.4, 0.5) is 0 Å². The molecule has 0 spiro atoms. The van der Waals surface area contributed by atoms with E-state index in [9.17, 15) is 4.79 Å². The van der Waals surface area contributed by atoms with Gasteiger partial charge in [0.1, 0.15) is 6.10 Å². The van der Waals surface area contributed by atoms with Crippen LogP contribution in [-0.2, 0) is 9.53 Å². The number of rotatable bonds is 5. The van der Waals surface area contributed by atoms with E-state index in [1.54, 1.807) is 13.0 Å². The summed E-state index contributed by atoms with van der Waals surface area (Å²) < 4.78 is 4.74. The van der Waals surface area contributed by atoms with Crippen LogP contribution in [0.2, 0.25) is 0 Å². The van der Waals surface area contributed by atoms with Gasteiger partial charge in [-0.25, -0.2) is 4.79 Å². The number of carbonyl (C=O) groups excluding carboxylic acids is 1. The highest BCUT2D eigenvalue weighted by molar-refractivity contribution is 5.81. The van der Waals surface area contributed by atoms with Crippen LogP contribution in [-0.4, -0.2) is 35.5 Å². The van der Waals surface area contributed by atoms with Crippen molar-refractivity contribution in [2.24, 2.45) is 0 Å². The van der Waals surface area contributed by atoms with E-state index in [2.05, 4.69) is 0 Å². The molecule has 0 aliphatic carbocycles. The molecule has 70 valence electrons. The molecule has 0 aromatic carbocycles. The molecule has 0 aliphatic rings. The maximum absolute atomic E-state index is 10.8. The van der Waals surface area contributed by atoms with Crippen molar-refractivity contribution in [3.63, 3.8) is 0 Å². The molecule has 1 unspecified atom stereocenters. The van der Waals surface area contributed by atoms with Gasteiger partial charge in [-0.3, -0.25) is 0 Å².